The van der Waals surface area contributed by atoms with Crippen molar-refractivity contribution < 1.29 is 14.3 Å². The maximum atomic E-state index is 13.1. The fourth-order valence-electron chi connectivity index (χ4n) is 3.80. The average molecular weight is 397 g/mol. The summed E-state index contributed by atoms with van der Waals surface area (Å²) in [6.45, 7) is 1.94. The molecule has 1 aliphatic carbocycles. The number of hydrogen-bond acceptors (Lipinski definition) is 4. The Morgan fingerprint density at radius 3 is 2.77 bits per heavy atom. The van der Waals surface area contributed by atoms with Crippen molar-refractivity contribution in [2.24, 2.45) is 5.92 Å². The van der Waals surface area contributed by atoms with Crippen LogP contribution in [0.4, 0.5) is 5.82 Å². The van der Waals surface area contributed by atoms with Crippen LogP contribution in [-0.2, 0) is 14.3 Å². The molecule has 6 heteroatoms. The molecule has 148 valence electrons. The van der Waals surface area contributed by atoms with Crippen molar-refractivity contribution >= 4 is 23.3 Å². The van der Waals surface area contributed by atoms with Gasteiger partial charge in [-0.2, -0.15) is 0 Å². The molecule has 1 N–H and O–H groups in total. The largest absolute Gasteiger partial charge is 0.452 e. The number of fused-ring (bicyclic) bond motifs is 2. The molecule has 0 bridgehead atoms. The first-order chi connectivity index (χ1) is 14.6. The van der Waals surface area contributed by atoms with Crippen molar-refractivity contribution in [3.05, 3.63) is 90.2 Å². The molecule has 0 radical (unpaired) electrons. The molecular formula is C24H19N3O3. The van der Waals surface area contributed by atoms with Gasteiger partial charge in [0.2, 0.25) is 5.91 Å². The standard InChI is InChI=1S/C24H19N3O3/c1-15-8-7-13-20-25-21(16-9-3-2-4-10-16)22(27(15)20)26-23(28)18-14-17-11-5-6-12-19(17)30-24(18)29/h2-14,18-19H,1H3,(H,26,28)/t18-,19?/m0/s1. The molecule has 0 spiro atoms. The molecule has 0 fully saturated rings. The Morgan fingerprint density at radius 2 is 1.93 bits per heavy atom. The molecule has 2 atom stereocenters. The normalized spacial score (nSPS) is 19.9. The number of allylic oxidation sites excluding steroid dienone is 2. The number of hydrogen-bond donors (Lipinski definition) is 1. The van der Waals surface area contributed by atoms with E-state index in [1.54, 1.807) is 12.2 Å². The minimum atomic E-state index is -1.02. The smallest absolute Gasteiger partial charge is 0.323 e. The average Bonchev–Trinajstić information content (AvgIpc) is 3.13. The van der Waals surface area contributed by atoms with E-state index in [0.717, 1.165) is 16.8 Å². The lowest BCUT2D eigenvalue weighted by atomic mass is 9.95. The SMILES string of the molecule is Cc1cccc2nc(-c3ccccc3)c(NC(=O)[C@@H]3C=C4C=CC=CC4OC3=O)n12. The van der Waals surface area contributed by atoms with Gasteiger partial charge in [-0.25, -0.2) is 4.98 Å². The number of aromatic nitrogens is 2. The van der Waals surface area contributed by atoms with Gasteiger partial charge in [0.05, 0.1) is 0 Å². The summed E-state index contributed by atoms with van der Waals surface area (Å²) in [7, 11) is 0. The van der Waals surface area contributed by atoms with Gasteiger partial charge in [0.25, 0.3) is 0 Å². The maximum absolute atomic E-state index is 13.1. The zero-order valence-electron chi connectivity index (χ0n) is 16.3. The van der Waals surface area contributed by atoms with Crippen LogP contribution < -0.4 is 5.32 Å². The highest BCUT2D eigenvalue weighted by Crippen LogP contribution is 2.31. The van der Waals surface area contributed by atoms with Gasteiger partial charge >= 0.3 is 5.97 Å². The lowest BCUT2D eigenvalue weighted by Crippen LogP contribution is -2.37. The van der Waals surface area contributed by atoms with Gasteiger partial charge in [0.1, 0.15) is 23.3 Å². The molecule has 1 aliphatic heterocycles. The summed E-state index contributed by atoms with van der Waals surface area (Å²) >= 11 is 0. The lowest BCUT2D eigenvalue weighted by Gasteiger charge is -2.26. The summed E-state index contributed by atoms with van der Waals surface area (Å²) in [5.41, 5.74) is 3.96. The van der Waals surface area contributed by atoms with Crippen LogP contribution in [0.3, 0.4) is 0 Å². The third-order valence-corrected chi connectivity index (χ3v) is 5.28. The lowest BCUT2D eigenvalue weighted by molar-refractivity contribution is -0.152. The Kier molecular flexibility index (Phi) is 4.32. The van der Waals surface area contributed by atoms with E-state index in [1.165, 1.54) is 0 Å². The predicted molar refractivity (Wildman–Crippen MR) is 114 cm³/mol. The number of pyridine rings is 1. The molecule has 2 aliphatic rings. The second-order valence-electron chi connectivity index (χ2n) is 7.27. The van der Waals surface area contributed by atoms with Crippen LogP contribution in [0.1, 0.15) is 5.69 Å². The second kappa shape index (κ2) is 7.15. The second-order valence-corrected chi connectivity index (χ2v) is 7.27. The highest BCUT2D eigenvalue weighted by atomic mass is 16.5. The van der Waals surface area contributed by atoms with E-state index < -0.39 is 23.9 Å². The van der Waals surface area contributed by atoms with Crippen LogP contribution in [0, 0.1) is 12.8 Å². The summed E-state index contributed by atoms with van der Waals surface area (Å²) in [5, 5.41) is 2.94. The number of ether oxygens (including phenoxy) is 1. The molecular weight excluding hydrogens is 378 g/mol. The Balaban J connectivity index is 1.57. The minimum absolute atomic E-state index is 0.426. The third-order valence-electron chi connectivity index (χ3n) is 5.28. The number of amides is 1. The van der Waals surface area contributed by atoms with Gasteiger partial charge in [0.15, 0.2) is 5.92 Å². The summed E-state index contributed by atoms with van der Waals surface area (Å²) in [6.07, 6.45) is 8.57. The predicted octanol–water partition coefficient (Wildman–Crippen LogP) is 3.84. The first kappa shape index (κ1) is 18.1. The molecule has 1 amide bonds. The third kappa shape index (κ3) is 3.03. The first-order valence-electron chi connectivity index (χ1n) is 9.73. The van der Waals surface area contributed by atoms with Gasteiger partial charge in [0, 0.05) is 11.3 Å². The van der Waals surface area contributed by atoms with Crippen LogP contribution in [0.5, 0.6) is 0 Å². The molecule has 3 heterocycles. The monoisotopic (exact) mass is 397 g/mol. The van der Waals surface area contributed by atoms with Crippen molar-refractivity contribution in [3.63, 3.8) is 0 Å². The van der Waals surface area contributed by atoms with Crippen LogP contribution in [0.25, 0.3) is 16.9 Å². The number of imidazole rings is 1. The zero-order valence-corrected chi connectivity index (χ0v) is 16.3. The van der Waals surface area contributed by atoms with E-state index in [0.29, 0.717) is 17.2 Å². The molecule has 2 aromatic heterocycles. The number of nitrogens with one attached hydrogen (secondary N) is 1. The number of rotatable bonds is 3. The Bertz CT molecular complexity index is 1250. The number of carbonyl (C=O) groups excluding carboxylic acids is 2. The summed E-state index contributed by atoms with van der Waals surface area (Å²) in [5.74, 6) is -1.50. The molecule has 1 aromatic carbocycles. The quantitative estimate of drug-likeness (QED) is 0.538. The minimum Gasteiger partial charge on any atom is -0.452 e. The number of carbonyl (C=O) groups is 2. The van der Waals surface area contributed by atoms with Crippen LogP contribution in [0.2, 0.25) is 0 Å². The van der Waals surface area contributed by atoms with E-state index >= 15 is 0 Å². The topological polar surface area (TPSA) is 72.7 Å². The maximum Gasteiger partial charge on any atom is 0.323 e. The van der Waals surface area contributed by atoms with Gasteiger partial charge < -0.3 is 10.1 Å². The highest BCUT2D eigenvalue weighted by molar-refractivity contribution is 6.08. The molecule has 0 saturated carbocycles. The molecule has 30 heavy (non-hydrogen) atoms. The van der Waals surface area contributed by atoms with Crippen molar-refractivity contribution in [3.8, 4) is 11.3 Å². The summed E-state index contributed by atoms with van der Waals surface area (Å²) in [4.78, 5) is 30.4. The molecule has 5 rings (SSSR count). The Labute approximate surface area is 173 Å². The van der Waals surface area contributed by atoms with E-state index in [2.05, 4.69) is 5.32 Å². The Hall–Kier alpha value is -3.93. The number of esters is 1. The van der Waals surface area contributed by atoms with Crippen LogP contribution in [0.15, 0.2) is 84.5 Å². The molecule has 0 saturated heterocycles. The van der Waals surface area contributed by atoms with E-state index in [9.17, 15) is 9.59 Å². The summed E-state index contributed by atoms with van der Waals surface area (Å²) in [6, 6.07) is 15.4. The van der Waals surface area contributed by atoms with Crippen LogP contribution in [-0.4, -0.2) is 27.4 Å². The Morgan fingerprint density at radius 1 is 1.10 bits per heavy atom. The van der Waals surface area contributed by atoms with E-state index in [1.807, 2.05) is 78.1 Å². The van der Waals surface area contributed by atoms with Crippen LogP contribution >= 0.6 is 0 Å². The number of aryl methyl sites for hydroxylation is 1. The number of anilines is 1. The summed E-state index contributed by atoms with van der Waals surface area (Å²) < 4.78 is 7.32. The van der Waals surface area contributed by atoms with Gasteiger partial charge in [-0.3, -0.25) is 14.0 Å². The highest BCUT2D eigenvalue weighted by Gasteiger charge is 2.35. The van der Waals surface area contributed by atoms with Gasteiger partial charge in [-0.15, -0.1) is 0 Å². The van der Waals surface area contributed by atoms with E-state index in [-0.39, 0.29) is 0 Å². The zero-order chi connectivity index (χ0) is 20.7. The first-order valence-corrected chi connectivity index (χ1v) is 9.73. The van der Waals surface area contributed by atoms with Crippen molar-refractivity contribution in [2.45, 2.75) is 13.0 Å². The van der Waals surface area contributed by atoms with Crippen molar-refractivity contribution in [1.82, 2.24) is 9.38 Å². The number of benzene rings is 1. The fraction of sp³-hybridized carbons (Fsp3) is 0.125. The number of nitrogens with zero attached hydrogens (tertiary/aromatic N) is 2. The van der Waals surface area contributed by atoms with Gasteiger partial charge in [-0.1, -0.05) is 60.7 Å². The van der Waals surface area contributed by atoms with E-state index in [4.69, 9.17) is 9.72 Å². The van der Waals surface area contributed by atoms with Gasteiger partial charge in [-0.05, 0) is 30.7 Å². The molecule has 3 aromatic rings. The fourth-order valence-corrected chi connectivity index (χ4v) is 3.80. The van der Waals surface area contributed by atoms with Crippen molar-refractivity contribution in [1.29, 1.82) is 0 Å². The van der Waals surface area contributed by atoms with Crippen molar-refractivity contribution in [2.75, 3.05) is 5.32 Å². The molecule has 6 nitrogen and oxygen atoms in total. The molecule has 1 unspecified atom stereocenters.